The first-order chi connectivity index (χ1) is 13.8. The van der Waals surface area contributed by atoms with Gasteiger partial charge in [-0.1, -0.05) is 99.6 Å². The van der Waals surface area contributed by atoms with Crippen molar-refractivity contribution in [1.82, 2.24) is 4.90 Å². The normalized spacial score (nSPS) is 25.1. The molecule has 2 atom stereocenters. The van der Waals surface area contributed by atoms with Crippen molar-refractivity contribution in [3.63, 3.8) is 0 Å². The van der Waals surface area contributed by atoms with Crippen LogP contribution in [0.1, 0.15) is 134 Å². The summed E-state index contributed by atoms with van der Waals surface area (Å²) in [6, 6.07) is 0. The van der Waals surface area contributed by atoms with E-state index in [1.54, 1.807) is 5.57 Å². The van der Waals surface area contributed by atoms with E-state index in [4.69, 9.17) is 0 Å². The summed E-state index contributed by atoms with van der Waals surface area (Å²) >= 11 is 0. The highest BCUT2D eigenvalue weighted by molar-refractivity contribution is 5.08. The number of allylic oxidation sites excluding steroid dienone is 2. The third kappa shape index (κ3) is 11.6. The molecule has 0 aromatic carbocycles. The number of rotatable bonds is 4. The van der Waals surface area contributed by atoms with Crippen LogP contribution >= 0.6 is 0 Å². The van der Waals surface area contributed by atoms with Gasteiger partial charge in [-0.25, -0.2) is 4.39 Å². The van der Waals surface area contributed by atoms with Crippen LogP contribution in [0.3, 0.4) is 0 Å². The lowest BCUT2D eigenvalue weighted by Crippen LogP contribution is -2.57. The third-order valence-corrected chi connectivity index (χ3v) is 6.16. The summed E-state index contributed by atoms with van der Waals surface area (Å²) < 4.78 is 14.7. The smallest absolute Gasteiger partial charge is 0.118 e. The van der Waals surface area contributed by atoms with Crippen LogP contribution in [0.25, 0.3) is 0 Å². The fraction of sp³-hybridized carbons (Fsp3) is 0.926. The Morgan fingerprint density at radius 1 is 0.862 bits per heavy atom. The maximum absolute atomic E-state index is 14.7. The Balaban J connectivity index is -0.000000393. The van der Waals surface area contributed by atoms with E-state index in [9.17, 15) is 4.39 Å². The second kappa shape index (κ2) is 19.6. The molecule has 0 bridgehead atoms. The van der Waals surface area contributed by atoms with Crippen molar-refractivity contribution in [3.8, 4) is 0 Å². The summed E-state index contributed by atoms with van der Waals surface area (Å²) in [7, 11) is 0. The first-order valence-corrected chi connectivity index (χ1v) is 12.9. The van der Waals surface area contributed by atoms with E-state index < -0.39 is 5.67 Å². The Morgan fingerprint density at radius 3 is 1.76 bits per heavy atom. The van der Waals surface area contributed by atoms with Crippen LogP contribution in [-0.2, 0) is 0 Å². The minimum atomic E-state index is -0.850. The third-order valence-electron chi connectivity index (χ3n) is 6.16. The van der Waals surface area contributed by atoms with Crippen LogP contribution in [0.15, 0.2) is 11.1 Å². The van der Waals surface area contributed by atoms with Crippen molar-refractivity contribution in [2.24, 2.45) is 5.41 Å². The molecule has 1 unspecified atom stereocenters. The van der Waals surface area contributed by atoms with Gasteiger partial charge in [0.15, 0.2) is 0 Å². The molecule has 2 heteroatoms. The van der Waals surface area contributed by atoms with Gasteiger partial charge in [0.05, 0.1) is 0 Å². The number of nitrogens with zero attached hydrogens (tertiary/aromatic N) is 1. The second-order valence-corrected chi connectivity index (χ2v) is 8.06. The molecule has 29 heavy (non-hydrogen) atoms. The Labute approximate surface area is 185 Å². The zero-order valence-corrected chi connectivity index (χ0v) is 22.6. The average molecular weight is 416 g/mol. The topological polar surface area (TPSA) is 3.24 Å². The summed E-state index contributed by atoms with van der Waals surface area (Å²) in [5.74, 6) is 0. The molecule has 1 aliphatic heterocycles. The lowest BCUT2D eigenvalue weighted by Gasteiger charge is -2.53. The van der Waals surface area contributed by atoms with Crippen molar-refractivity contribution in [2.45, 2.75) is 140 Å². The van der Waals surface area contributed by atoms with Gasteiger partial charge in [0.1, 0.15) is 5.67 Å². The first kappa shape index (κ1) is 33.3. The number of fused-ring (bicyclic) bond motifs is 1. The Morgan fingerprint density at radius 2 is 1.38 bits per heavy atom. The Hall–Kier alpha value is -0.370. The number of halogens is 1. The molecule has 0 aromatic heterocycles. The van der Waals surface area contributed by atoms with E-state index in [-0.39, 0.29) is 5.41 Å². The van der Waals surface area contributed by atoms with E-state index in [0.717, 1.165) is 45.3 Å². The molecule has 1 aliphatic carbocycles. The quantitative estimate of drug-likeness (QED) is 0.413. The Bertz CT molecular complexity index is 386. The number of hydrogen-bond acceptors (Lipinski definition) is 1. The van der Waals surface area contributed by atoms with E-state index >= 15 is 0 Å². The van der Waals surface area contributed by atoms with Crippen LogP contribution in [-0.4, -0.2) is 30.2 Å². The highest BCUT2D eigenvalue weighted by Crippen LogP contribution is 2.51. The zero-order chi connectivity index (χ0) is 23.5. The molecular weight excluding hydrogens is 357 g/mol. The van der Waals surface area contributed by atoms with Crippen LogP contribution in [0.2, 0.25) is 0 Å². The molecule has 1 heterocycles. The molecule has 0 aromatic rings. The molecule has 1 nitrogen and oxygen atoms in total. The van der Waals surface area contributed by atoms with Gasteiger partial charge >= 0.3 is 0 Å². The van der Waals surface area contributed by atoms with Crippen molar-refractivity contribution in [2.75, 3.05) is 19.6 Å². The van der Waals surface area contributed by atoms with Crippen LogP contribution in [0.4, 0.5) is 4.39 Å². The van der Waals surface area contributed by atoms with Gasteiger partial charge < -0.3 is 4.90 Å². The van der Waals surface area contributed by atoms with Gasteiger partial charge in [-0.15, -0.1) is 0 Å². The molecule has 178 valence electrons. The monoisotopic (exact) mass is 415 g/mol. The van der Waals surface area contributed by atoms with Crippen molar-refractivity contribution in [3.05, 3.63) is 11.1 Å². The van der Waals surface area contributed by atoms with Crippen LogP contribution in [0, 0.1) is 5.41 Å². The van der Waals surface area contributed by atoms with E-state index in [2.05, 4.69) is 46.4 Å². The van der Waals surface area contributed by atoms with Gasteiger partial charge in [-0.2, -0.15) is 0 Å². The SMILES string of the molecule is CC.CC.CC.CCCC(CC)=C(C)C.CCN1CCC2(F)CCCC[C@]2(C)C1. The molecule has 0 radical (unpaired) electrons. The maximum atomic E-state index is 14.7. The van der Waals surface area contributed by atoms with Gasteiger partial charge in [-0.3, -0.25) is 0 Å². The molecule has 0 N–H and O–H groups in total. The molecule has 2 rings (SSSR count). The van der Waals surface area contributed by atoms with Crippen molar-refractivity contribution in [1.29, 1.82) is 0 Å². The summed E-state index contributed by atoms with van der Waals surface area (Å²) in [6.45, 7) is 28.2. The number of likely N-dealkylation sites (tertiary alicyclic amines) is 1. The first-order valence-electron chi connectivity index (χ1n) is 12.9. The highest BCUT2D eigenvalue weighted by atomic mass is 19.1. The van der Waals surface area contributed by atoms with E-state index in [1.807, 2.05) is 41.5 Å². The number of piperidine rings is 1. The fourth-order valence-electron chi connectivity index (χ4n) is 4.35. The minimum Gasteiger partial charge on any atom is -0.303 e. The molecule has 0 amide bonds. The van der Waals surface area contributed by atoms with Crippen LogP contribution < -0.4 is 0 Å². The standard InChI is InChI=1S/C12H22FN.C9H18.3C2H6/c1-3-14-9-8-12(13)7-5-4-6-11(12,2)10-14;1-5-7-9(6-2)8(3)4;3*1-2/h3-10H2,1-2H3;5-7H2,1-4H3;3*1-2H3/t11-,12?;;;;/m1..../s1. The molecule has 1 saturated carbocycles. The van der Waals surface area contributed by atoms with Gasteiger partial charge in [-0.05, 0) is 52.5 Å². The number of hydrogen-bond donors (Lipinski definition) is 0. The van der Waals surface area contributed by atoms with Gasteiger partial charge in [0, 0.05) is 18.5 Å². The lowest BCUT2D eigenvalue weighted by molar-refractivity contribution is -0.0955. The largest absolute Gasteiger partial charge is 0.303 e. The number of alkyl halides is 1. The minimum absolute atomic E-state index is 0.0560. The highest BCUT2D eigenvalue weighted by Gasteiger charge is 2.52. The predicted molar refractivity (Wildman–Crippen MR) is 135 cm³/mol. The molecular formula is C27H58FN. The fourth-order valence-corrected chi connectivity index (χ4v) is 4.35. The molecule has 2 aliphatic rings. The maximum Gasteiger partial charge on any atom is 0.118 e. The molecule has 1 saturated heterocycles. The molecule has 0 spiro atoms. The zero-order valence-electron chi connectivity index (χ0n) is 22.6. The van der Waals surface area contributed by atoms with Crippen LogP contribution in [0.5, 0.6) is 0 Å². The summed E-state index contributed by atoms with van der Waals surface area (Å²) in [5, 5.41) is 0. The second-order valence-electron chi connectivity index (χ2n) is 8.06. The summed E-state index contributed by atoms with van der Waals surface area (Å²) in [6.07, 6.45) is 8.78. The predicted octanol–water partition coefficient (Wildman–Crippen LogP) is 9.61. The average Bonchev–Trinajstić information content (AvgIpc) is 2.76. The van der Waals surface area contributed by atoms with Gasteiger partial charge in [0.2, 0.25) is 0 Å². The summed E-state index contributed by atoms with van der Waals surface area (Å²) in [5.41, 5.74) is 2.24. The van der Waals surface area contributed by atoms with Crippen molar-refractivity contribution < 1.29 is 4.39 Å². The van der Waals surface area contributed by atoms with E-state index in [0.29, 0.717) is 0 Å². The Kier molecular flexibility index (Phi) is 22.5. The van der Waals surface area contributed by atoms with E-state index in [1.165, 1.54) is 31.3 Å². The summed E-state index contributed by atoms with van der Waals surface area (Å²) in [4.78, 5) is 2.41. The lowest BCUT2D eigenvalue weighted by atomic mass is 9.62. The van der Waals surface area contributed by atoms with Crippen molar-refractivity contribution >= 4 is 0 Å². The molecule has 2 fully saturated rings. The van der Waals surface area contributed by atoms with Gasteiger partial charge in [0.25, 0.3) is 0 Å².